The summed E-state index contributed by atoms with van der Waals surface area (Å²) in [6, 6.07) is 5.66. The highest BCUT2D eigenvalue weighted by molar-refractivity contribution is 5.43. The second kappa shape index (κ2) is 5.25. The summed E-state index contributed by atoms with van der Waals surface area (Å²) in [6.07, 6.45) is 8.15. The van der Waals surface area contributed by atoms with Gasteiger partial charge < -0.3 is 14.6 Å². The normalized spacial score (nSPS) is 29.5. The van der Waals surface area contributed by atoms with Gasteiger partial charge in [-0.25, -0.2) is 0 Å². The third-order valence-electron chi connectivity index (χ3n) is 4.15. The van der Waals surface area contributed by atoms with E-state index in [0.29, 0.717) is 12.3 Å². The molecule has 102 valence electrons. The largest absolute Gasteiger partial charge is 0.497 e. The van der Waals surface area contributed by atoms with Gasteiger partial charge in [0.1, 0.15) is 17.6 Å². The number of aliphatic hydroxyl groups excluding tert-OH is 1. The molecule has 0 radical (unpaired) electrons. The van der Waals surface area contributed by atoms with Gasteiger partial charge in [0.25, 0.3) is 0 Å². The van der Waals surface area contributed by atoms with Crippen LogP contribution in [0.1, 0.15) is 37.4 Å². The molecule has 0 saturated carbocycles. The summed E-state index contributed by atoms with van der Waals surface area (Å²) in [5.41, 5.74) is 0.849. The Bertz CT molecular complexity index is 481. The number of ether oxygens (including phenoxy) is 2. The van der Waals surface area contributed by atoms with Gasteiger partial charge in [0.15, 0.2) is 0 Å². The van der Waals surface area contributed by atoms with E-state index in [-0.39, 0.29) is 6.10 Å². The van der Waals surface area contributed by atoms with Crippen molar-refractivity contribution in [2.75, 3.05) is 7.11 Å². The van der Waals surface area contributed by atoms with Crippen LogP contribution in [0.3, 0.4) is 0 Å². The molecule has 1 aromatic rings. The topological polar surface area (TPSA) is 38.7 Å². The smallest absolute Gasteiger partial charge is 0.125 e. The average Bonchev–Trinajstić information content (AvgIpc) is 2.48. The summed E-state index contributed by atoms with van der Waals surface area (Å²) in [5.74, 6) is 2.09. The number of methoxy groups -OCH3 is 1. The van der Waals surface area contributed by atoms with Gasteiger partial charge in [-0.15, -0.1) is 0 Å². The van der Waals surface area contributed by atoms with E-state index in [1.54, 1.807) is 7.11 Å². The highest BCUT2D eigenvalue weighted by Crippen LogP contribution is 2.40. The van der Waals surface area contributed by atoms with Gasteiger partial charge in [0.05, 0.1) is 13.2 Å². The molecule has 2 aliphatic rings. The number of hydrogen-bond donors (Lipinski definition) is 1. The average molecular weight is 260 g/mol. The summed E-state index contributed by atoms with van der Waals surface area (Å²) in [7, 11) is 1.63. The van der Waals surface area contributed by atoms with Crippen molar-refractivity contribution in [2.45, 2.75) is 37.9 Å². The summed E-state index contributed by atoms with van der Waals surface area (Å²) in [6.45, 7) is 0. The molecule has 0 aromatic heterocycles. The monoisotopic (exact) mass is 260 g/mol. The fourth-order valence-corrected chi connectivity index (χ4v) is 3.02. The van der Waals surface area contributed by atoms with Crippen LogP contribution < -0.4 is 9.47 Å². The number of hydrogen-bond acceptors (Lipinski definition) is 3. The molecule has 3 atom stereocenters. The Morgan fingerprint density at radius 2 is 2.21 bits per heavy atom. The van der Waals surface area contributed by atoms with Gasteiger partial charge in [-0.05, 0) is 43.4 Å². The van der Waals surface area contributed by atoms with Gasteiger partial charge in [-0.3, -0.25) is 0 Å². The first-order valence-corrected chi connectivity index (χ1v) is 6.95. The fourth-order valence-electron chi connectivity index (χ4n) is 3.02. The maximum Gasteiger partial charge on any atom is 0.125 e. The van der Waals surface area contributed by atoms with Crippen molar-refractivity contribution in [2.24, 2.45) is 5.92 Å². The van der Waals surface area contributed by atoms with Crippen LogP contribution in [0.4, 0.5) is 0 Å². The summed E-state index contributed by atoms with van der Waals surface area (Å²) >= 11 is 0. The van der Waals surface area contributed by atoms with Gasteiger partial charge in [0, 0.05) is 12.0 Å². The standard InChI is InChI=1S/C16H20O3/c1-18-12-7-8-15-13(9-12)14(17)10-16(19-15)11-5-3-2-4-6-11/h2-3,7-9,11,14,16-17H,4-6,10H2,1H3/t11?,14-,16?/m1/s1. The molecule has 1 aliphatic carbocycles. The SMILES string of the molecule is COc1ccc2c(c1)[C@H](O)CC(C1CC=CCC1)O2. The Hall–Kier alpha value is -1.48. The number of rotatable bonds is 2. The van der Waals surface area contributed by atoms with E-state index in [9.17, 15) is 5.11 Å². The van der Waals surface area contributed by atoms with Crippen LogP contribution in [-0.4, -0.2) is 18.3 Å². The first-order chi connectivity index (χ1) is 9.28. The predicted molar refractivity (Wildman–Crippen MR) is 73.5 cm³/mol. The summed E-state index contributed by atoms with van der Waals surface area (Å²) < 4.78 is 11.3. The second-order valence-corrected chi connectivity index (χ2v) is 5.36. The van der Waals surface area contributed by atoms with Gasteiger partial charge in [-0.2, -0.15) is 0 Å². The second-order valence-electron chi connectivity index (χ2n) is 5.36. The maximum absolute atomic E-state index is 10.3. The molecule has 0 saturated heterocycles. The van der Waals surface area contributed by atoms with Crippen LogP contribution in [-0.2, 0) is 0 Å². The highest BCUT2D eigenvalue weighted by Gasteiger charge is 2.32. The predicted octanol–water partition coefficient (Wildman–Crippen LogP) is 3.24. The minimum Gasteiger partial charge on any atom is -0.497 e. The summed E-state index contributed by atoms with van der Waals surface area (Å²) in [4.78, 5) is 0. The molecule has 3 nitrogen and oxygen atoms in total. The van der Waals surface area contributed by atoms with E-state index in [1.165, 1.54) is 0 Å². The lowest BCUT2D eigenvalue weighted by Gasteiger charge is -2.35. The highest BCUT2D eigenvalue weighted by atomic mass is 16.5. The third kappa shape index (κ3) is 2.47. The third-order valence-corrected chi connectivity index (χ3v) is 4.15. The molecule has 0 amide bonds. The van der Waals surface area contributed by atoms with Gasteiger partial charge in [0.2, 0.25) is 0 Å². The quantitative estimate of drug-likeness (QED) is 0.830. The number of aliphatic hydroxyl groups is 1. The van der Waals surface area contributed by atoms with Crippen molar-refractivity contribution in [3.05, 3.63) is 35.9 Å². The Morgan fingerprint density at radius 1 is 1.32 bits per heavy atom. The lowest BCUT2D eigenvalue weighted by Crippen LogP contribution is -2.33. The van der Waals surface area contributed by atoms with E-state index in [1.807, 2.05) is 18.2 Å². The zero-order valence-electron chi connectivity index (χ0n) is 11.2. The Labute approximate surface area is 113 Å². The van der Waals surface area contributed by atoms with Crippen LogP contribution >= 0.6 is 0 Å². The van der Waals surface area contributed by atoms with E-state index in [4.69, 9.17) is 9.47 Å². The van der Waals surface area contributed by atoms with Crippen molar-refractivity contribution in [1.82, 2.24) is 0 Å². The fraction of sp³-hybridized carbons (Fsp3) is 0.500. The zero-order chi connectivity index (χ0) is 13.2. The number of benzene rings is 1. The van der Waals surface area contributed by atoms with Crippen LogP contribution in [0.15, 0.2) is 30.4 Å². The minimum absolute atomic E-state index is 0.126. The van der Waals surface area contributed by atoms with Crippen molar-refractivity contribution in [3.63, 3.8) is 0 Å². The van der Waals surface area contributed by atoms with Crippen LogP contribution in [0, 0.1) is 5.92 Å². The maximum atomic E-state index is 10.3. The molecule has 19 heavy (non-hydrogen) atoms. The minimum atomic E-state index is -0.449. The molecule has 0 bridgehead atoms. The van der Waals surface area contributed by atoms with Crippen LogP contribution in [0.25, 0.3) is 0 Å². The van der Waals surface area contributed by atoms with E-state index >= 15 is 0 Å². The molecule has 1 N–H and O–H groups in total. The van der Waals surface area contributed by atoms with E-state index in [2.05, 4.69) is 12.2 Å². The lowest BCUT2D eigenvalue weighted by atomic mass is 9.84. The first kappa shape index (κ1) is 12.5. The molecule has 1 heterocycles. The van der Waals surface area contributed by atoms with Gasteiger partial charge >= 0.3 is 0 Å². The molecule has 1 aromatic carbocycles. The molecular formula is C16H20O3. The Kier molecular flexibility index (Phi) is 3.47. The molecule has 2 unspecified atom stereocenters. The molecule has 3 heteroatoms. The molecule has 3 rings (SSSR count). The first-order valence-electron chi connectivity index (χ1n) is 6.95. The number of fused-ring (bicyclic) bond motifs is 1. The van der Waals surface area contributed by atoms with Crippen LogP contribution in [0.5, 0.6) is 11.5 Å². The van der Waals surface area contributed by atoms with Crippen molar-refractivity contribution in [1.29, 1.82) is 0 Å². The summed E-state index contributed by atoms with van der Waals surface area (Å²) in [5, 5.41) is 10.3. The van der Waals surface area contributed by atoms with Crippen LogP contribution in [0.2, 0.25) is 0 Å². The molecule has 0 fully saturated rings. The Morgan fingerprint density at radius 3 is 2.95 bits per heavy atom. The Balaban J connectivity index is 1.81. The molecule has 1 aliphatic heterocycles. The van der Waals surface area contributed by atoms with Crippen molar-refractivity contribution >= 4 is 0 Å². The molecular weight excluding hydrogens is 240 g/mol. The van der Waals surface area contributed by atoms with Crippen molar-refractivity contribution in [3.8, 4) is 11.5 Å². The van der Waals surface area contributed by atoms with E-state index in [0.717, 1.165) is 36.3 Å². The lowest BCUT2D eigenvalue weighted by molar-refractivity contribution is 0.0312. The zero-order valence-corrected chi connectivity index (χ0v) is 11.2. The van der Waals surface area contributed by atoms with Gasteiger partial charge in [-0.1, -0.05) is 12.2 Å². The number of allylic oxidation sites excluding steroid dienone is 2. The van der Waals surface area contributed by atoms with E-state index < -0.39 is 6.10 Å². The molecule has 0 spiro atoms. The van der Waals surface area contributed by atoms with Crippen molar-refractivity contribution < 1.29 is 14.6 Å².